The Morgan fingerprint density at radius 1 is 1.06 bits per heavy atom. The molecule has 0 atom stereocenters. The van der Waals surface area contributed by atoms with Gasteiger partial charge in [0.15, 0.2) is 0 Å². The van der Waals surface area contributed by atoms with Crippen molar-refractivity contribution in [1.82, 2.24) is 0 Å². The van der Waals surface area contributed by atoms with E-state index in [1.165, 1.54) is 11.1 Å². The first-order valence-electron chi connectivity index (χ1n) is 6.18. The topological polar surface area (TPSA) is 26.0 Å². The van der Waals surface area contributed by atoms with Crippen molar-refractivity contribution in [3.8, 4) is 0 Å². The Hall–Kier alpha value is -2.02. The van der Waals surface area contributed by atoms with Gasteiger partial charge in [0.1, 0.15) is 0 Å². The van der Waals surface area contributed by atoms with Crippen molar-refractivity contribution in [1.29, 1.82) is 0 Å². The molecule has 0 saturated carbocycles. The maximum absolute atomic E-state index is 5.72. The molecule has 0 aliphatic heterocycles. The number of hydrogen-bond acceptors (Lipinski definition) is 1. The summed E-state index contributed by atoms with van der Waals surface area (Å²) in [6.07, 6.45) is 9.91. The highest BCUT2D eigenvalue weighted by atomic mass is 14.5. The van der Waals surface area contributed by atoms with E-state index in [-0.39, 0.29) is 0 Å². The first-order valence-corrected chi connectivity index (χ1v) is 6.18. The number of allylic oxidation sites excluding steroid dienone is 7. The maximum Gasteiger partial charge on any atom is 0.00175 e. The van der Waals surface area contributed by atoms with Crippen LogP contribution in [-0.4, -0.2) is 0 Å². The molecule has 0 fully saturated rings. The van der Waals surface area contributed by atoms with E-state index in [1.54, 1.807) is 6.20 Å². The van der Waals surface area contributed by atoms with Crippen molar-refractivity contribution in [2.45, 2.75) is 20.8 Å². The molecule has 94 valence electrons. The average Bonchev–Trinajstić information content (AvgIpc) is 2.43. The Labute approximate surface area is 110 Å². The number of benzene rings is 1. The van der Waals surface area contributed by atoms with Crippen LogP contribution in [0.4, 0.5) is 0 Å². The van der Waals surface area contributed by atoms with Gasteiger partial charge in [-0.2, -0.15) is 0 Å². The molecule has 0 spiro atoms. The van der Waals surface area contributed by atoms with Gasteiger partial charge in [0.05, 0.1) is 0 Å². The van der Waals surface area contributed by atoms with Crippen LogP contribution in [0.15, 0.2) is 72.0 Å². The van der Waals surface area contributed by atoms with E-state index in [4.69, 9.17) is 5.73 Å². The first-order chi connectivity index (χ1) is 8.72. The molecular weight excluding hydrogens is 218 g/mol. The van der Waals surface area contributed by atoms with Gasteiger partial charge in [-0.15, -0.1) is 0 Å². The summed E-state index contributed by atoms with van der Waals surface area (Å²) in [5.74, 6) is 0. The molecular formula is C17H21N. The van der Waals surface area contributed by atoms with Gasteiger partial charge in [-0.1, -0.05) is 48.6 Å². The molecule has 0 bridgehead atoms. The summed E-state index contributed by atoms with van der Waals surface area (Å²) >= 11 is 0. The van der Waals surface area contributed by atoms with Crippen LogP contribution in [0.5, 0.6) is 0 Å². The molecule has 1 heteroatoms. The van der Waals surface area contributed by atoms with Gasteiger partial charge < -0.3 is 5.73 Å². The lowest BCUT2D eigenvalue weighted by atomic mass is 10.00. The molecule has 18 heavy (non-hydrogen) atoms. The fourth-order valence-electron chi connectivity index (χ4n) is 1.78. The fourth-order valence-corrected chi connectivity index (χ4v) is 1.78. The van der Waals surface area contributed by atoms with Crippen molar-refractivity contribution >= 4 is 5.57 Å². The highest BCUT2D eigenvalue weighted by molar-refractivity contribution is 5.68. The largest absolute Gasteiger partial charge is 0.404 e. The zero-order valence-electron chi connectivity index (χ0n) is 11.4. The van der Waals surface area contributed by atoms with Crippen molar-refractivity contribution in [3.05, 3.63) is 77.5 Å². The van der Waals surface area contributed by atoms with Crippen molar-refractivity contribution < 1.29 is 0 Å². The minimum atomic E-state index is 1.04. The van der Waals surface area contributed by atoms with E-state index >= 15 is 0 Å². The minimum absolute atomic E-state index is 1.04. The molecule has 0 aliphatic carbocycles. The zero-order chi connectivity index (χ0) is 13.4. The van der Waals surface area contributed by atoms with E-state index in [9.17, 15) is 0 Å². The summed E-state index contributed by atoms with van der Waals surface area (Å²) in [6, 6.07) is 10.3. The predicted molar refractivity (Wildman–Crippen MR) is 80.9 cm³/mol. The maximum atomic E-state index is 5.72. The second kappa shape index (κ2) is 7.33. The first kappa shape index (κ1) is 14.0. The third kappa shape index (κ3) is 3.77. The van der Waals surface area contributed by atoms with Gasteiger partial charge in [-0.25, -0.2) is 0 Å². The Bertz CT molecular complexity index is 488. The smallest absolute Gasteiger partial charge is 0.00175 e. The zero-order valence-corrected chi connectivity index (χ0v) is 11.4. The third-order valence-corrected chi connectivity index (χ3v) is 2.77. The minimum Gasteiger partial charge on any atom is -0.404 e. The third-order valence-electron chi connectivity index (χ3n) is 2.77. The highest BCUT2D eigenvalue weighted by Crippen LogP contribution is 2.20. The summed E-state index contributed by atoms with van der Waals surface area (Å²) < 4.78 is 0. The number of nitrogens with two attached hydrogens (primary N) is 1. The van der Waals surface area contributed by atoms with Gasteiger partial charge >= 0.3 is 0 Å². The molecule has 0 saturated heterocycles. The number of rotatable bonds is 4. The van der Waals surface area contributed by atoms with E-state index in [0.29, 0.717) is 0 Å². The van der Waals surface area contributed by atoms with Crippen LogP contribution in [0.25, 0.3) is 5.57 Å². The Morgan fingerprint density at radius 3 is 2.22 bits per heavy atom. The van der Waals surface area contributed by atoms with Gasteiger partial charge in [0.25, 0.3) is 0 Å². The lowest BCUT2D eigenvalue weighted by Crippen LogP contribution is -1.91. The van der Waals surface area contributed by atoms with Gasteiger partial charge in [0, 0.05) is 6.20 Å². The average molecular weight is 239 g/mol. The SMILES string of the molecule is C\C=C/C(=C\C)C(=C/N)/C=C(\C)c1ccccc1. The van der Waals surface area contributed by atoms with E-state index in [1.807, 2.05) is 38.1 Å². The molecule has 2 N–H and O–H groups in total. The molecule has 0 amide bonds. The Morgan fingerprint density at radius 2 is 1.72 bits per heavy atom. The van der Waals surface area contributed by atoms with Crippen LogP contribution in [0, 0.1) is 0 Å². The normalized spacial score (nSPS) is 14.3. The van der Waals surface area contributed by atoms with E-state index in [2.05, 4.69) is 37.3 Å². The van der Waals surface area contributed by atoms with Crippen LogP contribution >= 0.6 is 0 Å². The molecule has 0 heterocycles. The Kier molecular flexibility index (Phi) is 5.72. The standard InChI is InChI=1S/C17H21N/c1-4-9-15(5-2)17(13-18)12-14(3)16-10-7-6-8-11-16/h4-13H,18H2,1-3H3/b9-4-,14-12+,15-5+,17-13+. The summed E-state index contributed by atoms with van der Waals surface area (Å²) in [5, 5.41) is 0. The summed E-state index contributed by atoms with van der Waals surface area (Å²) in [5.41, 5.74) is 10.3. The summed E-state index contributed by atoms with van der Waals surface area (Å²) in [4.78, 5) is 0. The molecule has 1 rings (SSSR count). The van der Waals surface area contributed by atoms with E-state index in [0.717, 1.165) is 11.1 Å². The van der Waals surface area contributed by atoms with E-state index < -0.39 is 0 Å². The lowest BCUT2D eigenvalue weighted by molar-refractivity contribution is 1.42. The second-order valence-electron chi connectivity index (χ2n) is 4.06. The quantitative estimate of drug-likeness (QED) is 0.771. The predicted octanol–water partition coefficient (Wildman–Crippen LogP) is 4.45. The Balaban J connectivity index is 3.06. The van der Waals surface area contributed by atoms with Gasteiger partial charge in [0.2, 0.25) is 0 Å². The van der Waals surface area contributed by atoms with Crippen molar-refractivity contribution in [2.24, 2.45) is 5.73 Å². The summed E-state index contributed by atoms with van der Waals surface area (Å²) in [7, 11) is 0. The van der Waals surface area contributed by atoms with Crippen LogP contribution in [0.2, 0.25) is 0 Å². The molecule has 0 aliphatic rings. The second-order valence-corrected chi connectivity index (χ2v) is 4.06. The molecule has 1 aromatic carbocycles. The molecule has 1 aromatic rings. The van der Waals surface area contributed by atoms with Gasteiger partial charge in [-0.3, -0.25) is 0 Å². The van der Waals surface area contributed by atoms with Crippen LogP contribution in [0.3, 0.4) is 0 Å². The number of hydrogen-bond donors (Lipinski definition) is 1. The van der Waals surface area contributed by atoms with Gasteiger partial charge in [-0.05, 0) is 49.1 Å². The molecule has 0 unspecified atom stereocenters. The fraction of sp³-hybridized carbons (Fsp3) is 0.176. The molecule has 0 aromatic heterocycles. The molecule has 1 nitrogen and oxygen atoms in total. The monoisotopic (exact) mass is 239 g/mol. The van der Waals surface area contributed by atoms with Crippen molar-refractivity contribution in [3.63, 3.8) is 0 Å². The highest BCUT2D eigenvalue weighted by Gasteiger charge is 2.00. The lowest BCUT2D eigenvalue weighted by Gasteiger charge is -2.06. The van der Waals surface area contributed by atoms with Crippen LogP contribution < -0.4 is 5.73 Å². The van der Waals surface area contributed by atoms with Crippen LogP contribution in [-0.2, 0) is 0 Å². The van der Waals surface area contributed by atoms with Crippen LogP contribution in [0.1, 0.15) is 26.3 Å². The summed E-state index contributed by atoms with van der Waals surface area (Å²) in [6.45, 7) is 6.12. The molecule has 0 radical (unpaired) electrons. The van der Waals surface area contributed by atoms with Crippen molar-refractivity contribution in [2.75, 3.05) is 0 Å².